The average Bonchev–Trinajstić information content (AvgIpc) is 2.92. The molecule has 2 heterocycles. The summed E-state index contributed by atoms with van der Waals surface area (Å²) in [5.74, 6) is 2.10. The molecule has 0 aliphatic heterocycles. The first-order valence-corrected chi connectivity index (χ1v) is 7.89. The van der Waals surface area contributed by atoms with Crippen LogP contribution < -0.4 is 5.32 Å². The standard InChI is InChI=1S/C14H19N5OS/c1-3-11(14-16-10(2)18-19-14)17-12(20)7-9-21-13-6-4-5-8-15-13/h4-6,8,11H,3,7,9H2,1-2H3,(H,17,20)(H,16,18,19)/t11-/m1/s1. The van der Waals surface area contributed by atoms with Crippen LogP contribution in [0.25, 0.3) is 0 Å². The van der Waals surface area contributed by atoms with Crippen molar-refractivity contribution in [3.8, 4) is 0 Å². The minimum absolute atomic E-state index is 0.00716. The molecule has 0 radical (unpaired) electrons. The molecule has 0 unspecified atom stereocenters. The number of rotatable bonds is 7. The lowest BCUT2D eigenvalue weighted by Crippen LogP contribution is -2.29. The van der Waals surface area contributed by atoms with Crippen LogP contribution >= 0.6 is 11.8 Å². The molecule has 1 amide bonds. The van der Waals surface area contributed by atoms with Crippen LogP contribution in [0.2, 0.25) is 0 Å². The fraction of sp³-hybridized carbons (Fsp3) is 0.429. The van der Waals surface area contributed by atoms with Gasteiger partial charge in [0, 0.05) is 18.4 Å². The zero-order chi connectivity index (χ0) is 15.1. The van der Waals surface area contributed by atoms with E-state index in [1.165, 1.54) is 0 Å². The van der Waals surface area contributed by atoms with Gasteiger partial charge in [0.25, 0.3) is 0 Å². The van der Waals surface area contributed by atoms with E-state index in [0.29, 0.717) is 18.0 Å². The molecule has 0 aliphatic rings. The molecular formula is C14H19N5OS. The first-order valence-electron chi connectivity index (χ1n) is 6.91. The maximum absolute atomic E-state index is 12.0. The summed E-state index contributed by atoms with van der Waals surface area (Å²) in [6, 6.07) is 5.62. The van der Waals surface area contributed by atoms with Crippen LogP contribution in [0.3, 0.4) is 0 Å². The first-order chi connectivity index (χ1) is 10.2. The molecular weight excluding hydrogens is 286 g/mol. The second-order valence-electron chi connectivity index (χ2n) is 4.57. The van der Waals surface area contributed by atoms with Crippen LogP contribution in [0.1, 0.15) is 37.5 Å². The van der Waals surface area contributed by atoms with Gasteiger partial charge >= 0.3 is 0 Å². The molecule has 21 heavy (non-hydrogen) atoms. The van der Waals surface area contributed by atoms with Gasteiger partial charge in [-0.1, -0.05) is 13.0 Å². The summed E-state index contributed by atoms with van der Waals surface area (Å²) in [5.41, 5.74) is 0. The van der Waals surface area contributed by atoms with E-state index in [1.54, 1.807) is 18.0 Å². The maximum Gasteiger partial charge on any atom is 0.221 e. The molecule has 0 aliphatic carbocycles. The number of nitrogens with one attached hydrogen (secondary N) is 2. The Kier molecular flexibility index (Phi) is 5.74. The largest absolute Gasteiger partial charge is 0.346 e. The van der Waals surface area contributed by atoms with E-state index in [-0.39, 0.29) is 11.9 Å². The molecule has 2 aromatic rings. The van der Waals surface area contributed by atoms with Crippen LogP contribution in [-0.4, -0.2) is 31.8 Å². The van der Waals surface area contributed by atoms with Gasteiger partial charge in [-0.15, -0.1) is 11.8 Å². The Hall–Kier alpha value is -1.89. The normalized spacial score (nSPS) is 12.1. The Labute approximate surface area is 128 Å². The number of thioether (sulfide) groups is 1. The smallest absolute Gasteiger partial charge is 0.221 e. The minimum Gasteiger partial charge on any atom is -0.346 e. The minimum atomic E-state index is -0.137. The van der Waals surface area contributed by atoms with Gasteiger partial charge in [0.2, 0.25) is 5.91 Å². The zero-order valence-corrected chi connectivity index (χ0v) is 13.0. The molecule has 0 saturated carbocycles. The number of aryl methyl sites for hydroxylation is 1. The molecule has 7 heteroatoms. The Bertz CT molecular complexity index is 572. The highest BCUT2D eigenvalue weighted by molar-refractivity contribution is 7.99. The quantitative estimate of drug-likeness (QED) is 0.767. The lowest BCUT2D eigenvalue weighted by atomic mass is 10.2. The number of aromatic nitrogens is 4. The second-order valence-corrected chi connectivity index (χ2v) is 5.69. The summed E-state index contributed by atoms with van der Waals surface area (Å²) < 4.78 is 0. The maximum atomic E-state index is 12.0. The van der Waals surface area contributed by atoms with Crippen molar-refractivity contribution in [3.63, 3.8) is 0 Å². The van der Waals surface area contributed by atoms with Gasteiger partial charge in [-0.2, -0.15) is 5.10 Å². The number of carbonyl (C=O) groups excluding carboxylic acids is 1. The fourth-order valence-corrected chi connectivity index (χ4v) is 2.62. The third-order valence-electron chi connectivity index (χ3n) is 2.89. The molecule has 2 rings (SSSR count). The van der Waals surface area contributed by atoms with Gasteiger partial charge < -0.3 is 5.32 Å². The lowest BCUT2D eigenvalue weighted by molar-refractivity contribution is -0.121. The summed E-state index contributed by atoms with van der Waals surface area (Å²) in [7, 11) is 0. The van der Waals surface area contributed by atoms with Gasteiger partial charge in [0.05, 0.1) is 11.1 Å². The van der Waals surface area contributed by atoms with Gasteiger partial charge in [-0.05, 0) is 25.5 Å². The van der Waals surface area contributed by atoms with E-state index >= 15 is 0 Å². The summed E-state index contributed by atoms with van der Waals surface area (Å²) in [6.07, 6.45) is 2.96. The first kappa shape index (κ1) is 15.5. The molecule has 0 bridgehead atoms. The van der Waals surface area contributed by atoms with Crippen LogP contribution in [0.15, 0.2) is 29.4 Å². The lowest BCUT2D eigenvalue weighted by Gasteiger charge is -2.13. The number of amides is 1. The van der Waals surface area contributed by atoms with E-state index < -0.39 is 0 Å². The predicted molar refractivity (Wildman–Crippen MR) is 81.9 cm³/mol. The monoisotopic (exact) mass is 305 g/mol. The molecule has 0 fully saturated rings. The van der Waals surface area contributed by atoms with E-state index in [1.807, 2.05) is 32.0 Å². The SMILES string of the molecule is CC[C@@H](NC(=O)CCSc1ccccn1)c1n[nH]c(C)n1. The molecule has 0 aromatic carbocycles. The fourth-order valence-electron chi connectivity index (χ4n) is 1.81. The highest BCUT2D eigenvalue weighted by atomic mass is 32.2. The van der Waals surface area contributed by atoms with Gasteiger partial charge in [0.15, 0.2) is 5.82 Å². The van der Waals surface area contributed by atoms with Crippen LogP contribution in [-0.2, 0) is 4.79 Å². The molecule has 2 N–H and O–H groups in total. The zero-order valence-electron chi connectivity index (χ0n) is 12.2. The topological polar surface area (TPSA) is 83.6 Å². The predicted octanol–water partition coefficient (Wildman–Crippen LogP) is 2.26. The second kappa shape index (κ2) is 7.78. The van der Waals surface area contributed by atoms with Crippen molar-refractivity contribution < 1.29 is 4.79 Å². The highest BCUT2D eigenvalue weighted by Crippen LogP contribution is 2.16. The Morgan fingerprint density at radius 1 is 1.48 bits per heavy atom. The highest BCUT2D eigenvalue weighted by Gasteiger charge is 2.16. The van der Waals surface area contributed by atoms with Gasteiger partial charge in [-0.25, -0.2) is 9.97 Å². The summed E-state index contributed by atoms with van der Waals surface area (Å²) in [4.78, 5) is 20.4. The Balaban J connectivity index is 1.78. The number of hydrogen-bond donors (Lipinski definition) is 2. The van der Waals surface area contributed by atoms with Crippen molar-refractivity contribution in [2.75, 3.05) is 5.75 Å². The molecule has 0 saturated heterocycles. The number of aromatic amines is 1. The summed E-state index contributed by atoms with van der Waals surface area (Å²) >= 11 is 1.57. The van der Waals surface area contributed by atoms with Crippen LogP contribution in [0, 0.1) is 6.92 Å². The molecule has 112 valence electrons. The van der Waals surface area contributed by atoms with Crippen molar-refractivity contribution in [2.24, 2.45) is 0 Å². The van der Waals surface area contributed by atoms with Crippen molar-refractivity contribution in [1.29, 1.82) is 0 Å². The van der Waals surface area contributed by atoms with Crippen molar-refractivity contribution in [1.82, 2.24) is 25.5 Å². The van der Waals surface area contributed by atoms with Crippen LogP contribution in [0.5, 0.6) is 0 Å². The third-order valence-corrected chi connectivity index (χ3v) is 3.83. The van der Waals surface area contributed by atoms with Gasteiger partial charge in [0.1, 0.15) is 5.82 Å². The van der Waals surface area contributed by atoms with Crippen LogP contribution in [0.4, 0.5) is 0 Å². The van der Waals surface area contributed by atoms with Gasteiger partial charge in [-0.3, -0.25) is 9.89 Å². The van der Waals surface area contributed by atoms with Crippen molar-refractivity contribution >= 4 is 17.7 Å². The average molecular weight is 305 g/mol. The summed E-state index contributed by atoms with van der Waals surface area (Å²) in [5, 5.41) is 10.8. The van der Waals surface area contributed by atoms with Crippen molar-refractivity contribution in [2.45, 2.75) is 37.8 Å². The van der Waals surface area contributed by atoms with Crippen molar-refractivity contribution in [3.05, 3.63) is 36.0 Å². The number of nitrogens with zero attached hydrogens (tertiary/aromatic N) is 3. The molecule has 2 aromatic heterocycles. The number of H-pyrrole nitrogens is 1. The molecule has 6 nitrogen and oxygen atoms in total. The number of carbonyl (C=O) groups is 1. The molecule has 0 spiro atoms. The third kappa shape index (κ3) is 4.86. The molecule has 1 atom stereocenters. The van der Waals surface area contributed by atoms with E-state index in [4.69, 9.17) is 0 Å². The van der Waals surface area contributed by atoms with E-state index in [2.05, 4.69) is 25.5 Å². The van der Waals surface area contributed by atoms with E-state index in [9.17, 15) is 4.79 Å². The number of hydrogen-bond acceptors (Lipinski definition) is 5. The van der Waals surface area contributed by atoms with E-state index in [0.717, 1.165) is 17.3 Å². The number of pyridine rings is 1. The Morgan fingerprint density at radius 3 is 2.95 bits per heavy atom. The Morgan fingerprint density at radius 2 is 2.33 bits per heavy atom. The summed E-state index contributed by atoms with van der Waals surface area (Å²) in [6.45, 7) is 3.84.